The predicted molar refractivity (Wildman–Crippen MR) is 81.3 cm³/mol. The van der Waals surface area contributed by atoms with Crippen molar-refractivity contribution in [3.63, 3.8) is 0 Å². The summed E-state index contributed by atoms with van der Waals surface area (Å²) in [5.74, 6) is -0.0170. The number of rotatable bonds is 5. The minimum Gasteiger partial charge on any atom is -0.481 e. The number of hydrogen-bond acceptors (Lipinski definition) is 4. The molecule has 0 unspecified atom stereocenters. The van der Waals surface area contributed by atoms with Crippen molar-refractivity contribution in [1.82, 2.24) is 14.5 Å². The van der Waals surface area contributed by atoms with E-state index in [0.717, 1.165) is 6.42 Å². The van der Waals surface area contributed by atoms with Crippen LogP contribution in [0.1, 0.15) is 23.8 Å². The molecule has 1 N–H and O–H groups in total. The molecule has 0 aliphatic heterocycles. The molecule has 0 bridgehead atoms. The fourth-order valence-electron chi connectivity index (χ4n) is 1.81. The first kappa shape index (κ1) is 15.6. The lowest BCUT2D eigenvalue weighted by Gasteiger charge is -2.08. The maximum Gasteiger partial charge on any atom is 0.274 e. The molecule has 0 aliphatic rings. The average Bonchev–Trinajstić information content (AvgIpc) is 2.79. The standard InChI is InChI=1S/C13H14Cl2N4O2/c1-3-4-19-7-8(14)5-9(19)12(20)18-13-16-10(15)6-11(17-13)21-2/h5-7H,3-4H2,1-2H3,(H,16,17,18,20). The maximum absolute atomic E-state index is 12.3. The molecular formula is C13H14Cl2N4O2. The summed E-state index contributed by atoms with van der Waals surface area (Å²) in [6.07, 6.45) is 2.59. The molecule has 2 aromatic heterocycles. The molecule has 21 heavy (non-hydrogen) atoms. The molecule has 0 atom stereocenters. The van der Waals surface area contributed by atoms with E-state index in [9.17, 15) is 4.79 Å². The minimum atomic E-state index is -0.361. The van der Waals surface area contributed by atoms with E-state index in [0.29, 0.717) is 17.3 Å². The van der Waals surface area contributed by atoms with Gasteiger partial charge in [0, 0.05) is 18.8 Å². The van der Waals surface area contributed by atoms with Crippen LogP contribution in [0.25, 0.3) is 0 Å². The average molecular weight is 329 g/mol. The normalized spacial score (nSPS) is 10.5. The SMILES string of the molecule is CCCn1cc(Cl)cc1C(=O)Nc1nc(Cl)cc(OC)n1. The number of methoxy groups -OCH3 is 1. The smallest absolute Gasteiger partial charge is 0.274 e. The first-order valence-electron chi connectivity index (χ1n) is 6.29. The molecule has 2 aromatic rings. The highest BCUT2D eigenvalue weighted by atomic mass is 35.5. The number of halogens is 2. The van der Waals surface area contributed by atoms with Gasteiger partial charge in [-0.05, 0) is 12.5 Å². The van der Waals surface area contributed by atoms with Crippen molar-refractivity contribution in [1.29, 1.82) is 0 Å². The van der Waals surface area contributed by atoms with Crippen LogP contribution in [-0.4, -0.2) is 27.6 Å². The highest BCUT2D eigenvalue weighted by Gasteiger charge is 2.15. The van der Waals surface area contributed by atoms with Crippen LogP contribution in [0.2, 0.25) is 10.2 Å². The Morgan fingerprint density at radius 1 is 1.38 bits per heavy atom. The Kier molecular flexibility index (Phi) is 5.03. The lowest BCUT2D eigenvalue weighted by molar-refractivity contribution is 0.101. The van der Waals surface area contributed by atoms with E-state index in [2.05, 4.69) is 15.3 Å². The lowest BCUT2D eigenvalue weighted by Crippen LogP contribution is -2.18. The Morgan fingerprint density at radius 2 is 2.14 bits per heavy atom. The summed E-state index contributed by atoms with van der Waals surface area (Å²) in [6.45, 7) is 2.70. The van der Waals surface area contributed by atoms with Crippen molar-refractivity contribution in [2.45, 2.75) is 19.9 Å². The molecule has 0 radical (unpaired) electrons. The van der Waals surface area contributed by atoms with E-state index >= 15 is 0 Å². The van der Waals surface area contributed by atoms with Gasteiger partial charge in [-0.1, -0.05) is 30.1 Å². The first-order chi connectivity index (χ1) is 10.0. The zero-order valence-corrected chi connectivity index (χ0v) is 13.1. The van der Waals surface area contributed by atoms with Crippen LogP contribution in [0, 0.1) is 0 Å². The van der Waals surface area contributed by atoms with Crippen LogP contribution >= 0.6 is 23.2 Å². The Morgan fingerprint density at radius 3 is 2.81 bits per heavy atom. The summed E-state index contributed by atoms with van der Waals surface area (Å²) in [7, 11) is 1.45. The molecule has 0 saturated carbocycles. The number of aryl methyl sites for hydroxylation is 1. The number of amides is 1. The zero-order valence-electron chi connectivity index (χ0n) is 11.6. The van der Waals surface area contributed by atoms with Crippen LogP contribution in [0.5, 0.6) is 5.88 Å². The number of carbonyl (C=O) groups is 1. The topological polar surface area (TPSA) is 69.0 Å². The molecule has 1 amide bonds. The second-order valence-electron chi connectivity index (χ2n) is 4.25. The number of anilines is 1. The Balaban J connectivity index is 2.23. The van der Waals surface area contributed by atoms with Gasteiger partial charge >= 0.3 is 0 Å². The molecular weight excluding hydrogens is 315 g/mol. The number of nitrogens with one attached hydrogen (secondary N) is 1. The second-order valence-corrected chi connectivity index (χ2v) is 5.07. The molecule has 2 rings (SSSR count). The fourth-order valence-corrected chi connectivity index (χ4v) is 2.21. The molecule has 0 aliphatic carbocycles. The minimum absolute atomic E-state index is 0.0738. The summed E-state index contributed by atoms with van der Waals surface area (Å²) in [4.78, 5) is 20.2. The first-order valence-corrected chi connectivity index (χ1v) is 7.04. The molecule has 8 heteroatoms. The van der Waals surface area contributed by atoms with Gasteiger partial charge in [0.05, 0.1) is 12.1 Å². The van der Waals surface area contributed by atoms with Gasteiger partial charge in [0.1, 0.15) is 10.8 Å². The number of aromatic nitrogens is 3. The van der Waals surface area contributed by atoms with E-state index in [1.165, 1.54) is 13.2 Å². The van der Waals surface area contributed by atoms with Gasteiger partial charge in [-0.3, -0.25) is 10.1 Å². The van der Waals surface area contributed by atoms with Gasteiger partial charge < -0.3 is 9.30 Å². The summed E-state index contributed by atoms with van der Waals surface area (Å²) in [5, 5.41) is 3.26. The zero-order chi connectivity index (χ0) is 15.4. The summed E-state index contributed by atoms with van der Waals surface area (Å²) in [5.41, 5.74) is 0.435. The van der Waals surface area contributed by atoms with Crippen molar-refractivity contribution >= 4 is 35.1 Å². The van der Waals surface area contributed by atoms with E-state index in [4.69, 9.17) is 27.9 Å². The number of nitrogens with zero attached hydrogens (tertiary/aromatic N) is 3. The maximum atomic E-state index is 12.3. The number of hydrogen-bond donors (Lipinski definition) is 1. The van der Waals surface area contributed by atoms with Gasteiger partial charge in [-0.2, -0.15) is 4.98 Å². The lowest BCUT2D eigenvalue weighted by atomic mass is 10.4. The highest BCUT2D eigenvalue weighted by Crippen LogP contribution is 2.18. The van der Waals surface area contributed by atoms with Gasteiger partial charge in [-0.25, -0.2) is 4.98 Å². The van der Waals surface area contributed by atoms with Crippen molar-refractivity contribution in [3.8, 4) is 5.88 Å². The van der Waals surface area contributed by atoms with Crippen molar-refractivity contribution in [2.75, 3.05) is 12.4 Å². The summed E-state index contributed by atoms with van der Waals surface area (Å²) in [6, 6.07) is 3.04. The van der Waals surface area contributed by atoms with Gasteiger partial charge in [-0.15, -0.1) is 0 Å². The number of ether oxygens (including phenoxy) is 1. The van der Waals surface area contributed by atoms with Crippen LogP contribution < -0.4 is 10.1 Å². The quantitative estimate of drug-likeness (QED) is 0.855. The monoisotopic (exact) mass is 328 g/mol. The molecule has 0 spiro atoms. The summed E-state index contributed by atoms with van der Waals surface area (Å²) < 4.78 is 6.75. The van der Waals surface area contributed by atoms with Gasteiger partial charge in [0.15, 0.2) is 0 Å². The van der Waals surface area contributed by atoms with E-state index in [-0.39, 0.29) is 22.9 Å². The van der Waals surface area contributed by atoms with Gasteiger partial charge in [0.2, 0.25) is 11.8 Å². The molecule has 0 aromatic carbocycles. The van der Waals surface area contributed by atoms with Crippen LogP contribution in [0.4, 0.5) is 5.95 Å². The van der Waals surface area contributed by atoms with E-state index < -0.39 is 0 Å². The van der Waals surface area contributed by atoms with E-state index in [1.807, 2.05) is 6.92 Å². The summed E-state index contributed by atoms with van der Waals surface area (Å²) >= 11 is 11.8. The molecule has 6 nitrogen and oxygen atoms in total. The third kappa shape index (κ3) is 3.86. The Hall–Kier alpha value is -1.79. The largest absolute Gasteiger partial charge is 0.481 e. The highest BCUT2D eigenvalue weighted by molar-refractivity contribution is 6.31. The second kappa shape index (κ2) is 6.78. The van der Waals surface area contributed by atoms with Crippen LogP contribution in [-0.2, 0) is 6.54 Å². The number of carbonyl (C=O) groups excluding carboxylic acids is 1. The van der Waals surface area contributed by atoms with Crippen LogP contribution in [0.3, 0.4) is 0 Å². The molecule has 2 heterocycles. The van der Waals surface area contributed by atoms with Crippen molar-refractivity contribution < 1.29 is 9.53 Å². The van der Waals surface area contributed by atoms with Crippen LogP contribution in [0.15, 0.2) is 18.3 Å². The predicted octanol–water partition coefficient (Wildman–Crippen LogP) is 3.26. The fraction of sp³-hybridized carbons (Fsp3) is 0.308. The van der Waals surface area contributed by atoms with E-state index in [1.54, 1.807) is 16.8 Å². The van der Waals surface area contributed by atoms with Crippen molar-refractivity contribution in [3.05, 3.63) is 34.2 Å². The third-order valence-electron chi connectivity index (χ3n) is 2.67. The molecule has 0 saturated heterocycles. The van der Waals surface area contributed by atoms with Gasteiger partial charge in [0.25, 0.3) is 5.91 Å². The Bertz CT molecular complexity index is 658. The molecule has 0 fully saturated rings. The molecule has 112 valence electrons. The third-order valence-corrected chi connectivity index (χ3v) is 3.07. The van der Waals surface area contributed by atoms with Crippen molar-refractivity contribution in [2.24, 2.45) is 0 Å². The Labute approximate surface area is 132 Å².